The minimum atomic E-state index is -0.306. The highest BCUT2D eigenvalue weighted by atomic mass is 35.5. The highest BCUT2D eigenvalue weighted by molar-refractivity contribution is 6.30. The molecule has 9 heteroatoms. The van der Waals surface area contributed by atoms with E-state index in [0.29, 0.717) is 17.4 Å². The van der Waals surface area contributed by atoms with Crippen LogP contribution in [0.2, 0.25) is 5.02 Å². The quantitative estimate of drug-likeness (QED) is 0.561. The van der Waals surface area contributed by atoms with Crippen LogP contribution in [0.3, 0.4) is 0 Å². The normalized spacial score (nSPS) is 13.1. The second-order valence-electron chi connectivity index (χ2n) is 7.39. The van der Waals surface area contributed by atoms with E-state index < -0.39 is 0 Å². The lowest BCUT2D eigenvalue weighted by molar-refractivity contribution is 0.240. The lowest BCUT2D eigenvalue weighted by atomic mass is 10.2. The molecule has 0 saturated heterocycles. The summed E-state index contributed by atoms with van der Waals surface area (Å²) in [6, 6.07) is 14.6. The van der Waals surface area contributed by atoms with Gasteiger partial charge in [-0.3, -0.25) is 4.57 Å². The Morgan fingerprint density at radius 2 is 1.84 bits per heavy atom. The summed E-state index contributed by atoms with van der Waals surface area (Å²) in [6.45, 7) is 0.965. The first-order chi connectivity index (χ1) is 15.0. The third-order valence-corrected chi connectivity index (χ3v) is 5.36. The van der Waals surface area contributed by atoms with E-state index in [0.717, 1.165) is 29.7 Å². The SMILES string of the molecule is COc1ccc(-c2nn(CCNC(=O)NCc3ccc(Cl)cc3)c(=O)n2C2CC2)cc1. The Labute approximate surface area is 184 Å². The zero-order valence-electron chi connectivity index (χ0n) is 17.2. The molecule has 1 aromatic heterocycles. The van der Waals surface area contributed by atoms with Crippen LogP contribution in [-0.2, 0) is 13.1 Å². The lowest BCUT2D eigenvalue weighted by Gasteiger charge is -2.07. The molecule has 162 valence electrons. The van der Waals surface area contributed by atoms with Gasteiger partial charge in [0.1, 0.15) is 5.75 Å². The van der Waals surface area contributed by atoms with Crippen LogP contribution in [0.25, 0.3) is 11.4 Å². The molecule has 1 fully saturated rings. The molecule has 0 unspecified atom stereocenters. The smallest absolute Gasteiger partial charge is 0.346 e. The van der Waals surface area contributed by atoms with Crippen LogP contribution < -0.4 is 21.1 Å². The number of urea groups is 1. The number of nitrogens with one attached hydrogen (secondary N) is 2. The molecule has 1 aliphatic carbocycles. The molecule has 1 heterocycles. The molecular formula is C22H24ClN5O3. The number of carbonyl (C=O) groups is 1. The lowest BCUT2D eigenvalue weighted by Crippen LogP contribution is -2.38. The molecule has 1 saturated carbocycles. The first-order valence-corrected chi connectivity index (χ1v) is 10.5. The average Bonchev–Trinajstić information content (AvgIpc) is 3.57. The standard InChI is InChI=1S/C22H24ClN5O3/c1-31-19-10-4-16(5-11-19)20-26-27(22(30)28(20)18-8-9-18)13-12-24-21(29)25-14-15-2-6-17(23)7-3-15/h2-7,10-11,18H,8-9,12-14H2,1H3,(H2,24,25,29). The Morgan fingerprint density at radius 3 is 2.48 bits per heavy atom. The zero-order valence-corrected chi connectivity index (χ0v) is 17.9. The second kappa shape index (κ2) is 9.26. The van der Waals surface area contributed by atoms with Gasteiger partial charge in [0, 0.05) is 29.7 Å². The summed E-state index contributed by atoms with van der Waals surface area (Å²) >= 11 is 5.86. The molecule has 2 amide bonds. The van der Waals surface area contributed by atoms with Crippen LogP contribution in [0, 0.1) is 0 Å². The van der Waals surface area contributed by atoms with E-state index in [9.17, 15) is 9.59 Å². The molecule has 1 aliphatic rings. The predicted molar refractivity (Wildman–Crippen MR) is 118 cm³/mol. The van der Waals surface area contributed by atoms with Gasteiger partial charge in [-0.2, -0.15) is 0 Å². The van der Waals surface area contributed by atoms with Gasteiger partial charge in [-0.15, -0.1) is 5.10 Å². The topological polar surface area (TPSA) is 90.2 Å². The van der Waals surface area contributed by atoms with Crippen molar-refractivity contribution < 1.29 is 9.53 Å². The van der Waals surface area contributed by atoms with Gasteiger partial charge < -0.3 is 15.4 Å². The third-order valence-electron chi connectivity index (χ3n) is 5.11. The predicted octanol–water partition coefficient (Wildman–Crippen LogP) is 3.21. The first kappa shape index (κ1) is 21.0. The number of nitrogens with zero attached hydrogens (tertiary/aromatic N) is 3. The van der Waals surface area contributed by atoms with Gasteiger partial charge in [-0.05, 0) is 54.8 Å². The van der Waals surface area contributed by atoms with Crippen molar-refractivity contribution in [2.45, 2.75) is 32.0 Å². The van der Waals surface area contributed by atoms with Crippen LogP contribution in [0.15, 0.2) is 53.3 Å². The molecule has 0 spiro atoms. The molecular weight excluding hydrogens is 418 g/mol. The first-order valence-electron chi connectivity index (χ1n) is 10.1. The molecule has 0 aliphatic heterocycles. The van der Waals surface area contributed by atoms with E-state index in [1.807, 2.05) is 36.4 Å². The Kier molecular flexibility index (Phi) is 6.27. The number of hydrogen-bond acceptors (Lipinski definition) is 4. The highest BCUT2D eigenvalue weighted by Gasteiger charge is 2.30. The summed E-state index contributed by atoms with van der Waals surface area (Å²) < 4.78 is 8.37. The van der Waals surface area contributed by atoms with E-state index in [2.05, 4.69) is 15.7 Å². The number of ether oxygens (including phenoxy) is 1. The molecule has 0 atom stereocenters. The van der Waals surface area contributed by atoms with Crippen LogP contribution in [0.4, 0.5) is 4.79 Å². The Balaban J connectivity index is 1.37. The van der Waals surface area contributed by atoms with Crippen molar-refractivity contribution in [1.29, 1.82) is 0 Å². The number of aromatic nitrogens is 3. The maximum atomic E-state index is 12.9. The van der Waals surface area contributed by atoms with E-state index >= 15 is 0 Å². The van der Waals surface area contributed by atoms with Gasteiger partial charge in [-0.1, -0.05) is 23.7 Å². The van der Waals surface area contributed by atoms with Crippen molar-refractivity contribution in [2.75, 3.05) is 13.7 Å². The summed E-state index contributed by atoms with van der Waals surface area (Å²) in [4.78, 5) is 24.9. The van der Waals surface area contributed by atoms with Crippen LogP contribution in [0.5, 0.6) is 5.75 Å². The van der Waals surface area contributed by atoms with Crippen LogP contribution in [-0.4, -0.2) is 34.0 Å². The molecule has 31 heavy (non-hydrogen) atoms. The summed E-state index contributed by atoms with van der Waals surface area (Å²) in [7, 11) is 1.61. The third kappa shape index (κ3) is 5.08. The number of halogens is 1. The van der Waals surface area contributed by atoms with Gasteiger partial charge in [0.05, 0.1) is 13.7 Å². The Bertz CT molecular complexity index is 1100. The monoisotopic (exact) mass is 441 g/mol. The molecule has 8 nitrogen and oxygen atoms in total. The van der Waals surface area contributed by atoms with Crippen LogP contribution in [0.1, 0.15) is 24.4 Å². The summed E-state index contributed by atoms with van der Waals surface area (Å²) in [6.07, 6.45) is 1.94. The number of methoxy groups -OCH3 is 1. The Hall–Kier alpha value is -3.26. The van der Waals surface area contributed by atoms with E-state index in [1.54, 1.807) is 23.8 Å². The zero-order chi connectivity index (χ0) is 21.8. The minimum absolute atomic E-state index is 0.156. The summed E-state index contributed by atoms with van der Waals surface area (Å²) in [5.41, 5.74) is 1.65. The van der Waals surface area contributed by atoms with Gasteiger partial charge in [0.15, 0.2) is 5.82 Å². The van der Waals surface area contributed by atoms with Crippen LogP contribution >= 0.6 is 11.6 Å². The number of hydrogen-bond donors (Lipinski definition) is 2. The molecule has 4 rings (SSSR count). The van der Waals surface area contributed by atoms with Gasteiger partial charge >= 0.3 is 11.7 Å². The van der Waals surface area contributed by atoms with Crippen molar-refractivity contribution in [2.24, 2.45) is 0 Å². The van der Waals surface area contributed by atoms with Gasteiger partial charge in [-0.25, -0.2) is 14.3 Å². The van der Waals surface area contributed by atoms with Gasteiger partial charge in [0.25, 0.3) is 0 Å². The summed E-state index contributed by atoms with van der Waals surface area (Å²) in [5, 5.41) is 10.7. The minimum Gasteiger partial charge on any atom is -0.497 e. The fourth-order valence-electron chi connectivity index (χ4n) is 3.29. The Morgan fingerprint density at radius 1 is 1.13 bits per heavy atom. The number of benzene rings is 2. The number of rotatable bonds is 8. The molecule has 3 aromatic rings. The molecule has 2 N–H and O–H groups in total. The van der Waals surface area contributed by atoms with Crippen molar-refractivity contribution in [3.63, 3.8) is 0 Å². The molecule has 2 aromatic carbocycles. The van der Waals surface area contributed by atoms with Crippen molar-refractivity contribution in [3.05, 3.63) is 69.6 Å². The highest BCUT2D eigenvalue weighted by Crippen LogP contribution is 2.36. The number of amides is 2. The fourth-order valence-corrected chi connectivity index (χ4v) is 3.41. The average molecular weight is 442 g/mol. The van der Waals surface area contributed by atoms with E-state index in [1.165, 1.54) is 4.68 Å². The van der Waals surface area contributed by atoms with Gasteiger partial charge in [0.2, 0.25) is 0 Å². The van der Waals surface area contributed by atoms with Crippen molar-refractivity contribution in [1.82, 2.24) is 25.0 Å². The van der Waals surface area contributed by atoms with Crippen molar-refractivity contribution in [3.8, 4) is 17.1 Å². The fraction of sp³-hybridized carbons (Fsp3) is 0.318. The van der Waals surface area contributed by atoms with Crippen molar-refractivity contribution >= 4 is 17.6 Å². The van der Waals surface area contributed by atoms with E-state index in [4.69, 9.17) is 16.3 Å². The van der Waals surface area contributed by atoms with E-state index in [-0.39, 0.29) is 30.9 Å². The molecule has 0 radical (unpaired) electrons. The second-order valence-corrected chi connectivity index (χ2v) is 7.83. The number of carbonyl (C=O) groups excluding carboxylic acids is 1. The molecule has 0 bridgehead atoms. The maximum Gasteiger partial charge on any atom is 0.346 e. The maximum absolute atomic E-state index is 12.9. The summed E-state index contributed by atoms with van der Waals surface area (Å²) in [5.74, 6) is 1.39. The largest absolute Gasteiger partial charge is 0.497 e.